The van der Waals surface area contributed by atoms with Gasteiger partial charge in [0.1, 0.15) is 5.75 Å². The number of ether oxygens (including phenoxy) is 3. The molecule has 290 valence electrons. The molecular weight excluding hydrogens is 742 g/mol. The van der Waals surface area contributed by atoms with Crippen molar-refractivity contribution in [2.75, 3.05) is 25.6 Å². The van der Waals surface area contributed by atoms with Crippen molar-refractivity contribution in [2.45, 2.75) is 122 Å². The summed E-state index contributed by atoms with van der Waals surface area (Å²) in [6.45, 7) is 7.53. The standard InChI is InChI=1S/C37H54N2O12S.2Na/c1-5-18-28-33(35(43)50-7-3)32(31(25(4)38-28)34(42)49-6-2)27-23-26(39(47)48)19-20-29(27)51-21-16-14-12-10-8-9-11-13-15-17-22-52-37(46,36(44)45)24-30(40)41;;/h19-20,23,32,38,46H,5-18,21-22,24H2,1-4H3,(H,40,41)(H,44,45);;/q;2*+1/p-2. The quantitative estimate of drug-likeness (QED) is 0.0268. The molecule has 17 heteroatoms. The molecule has 1 aromatic carbocycles. The summed E-state index contributed by atoms with van der Waals surface area (Å²) in [4.78, 5) is 57.5. The van der Waals surface area contributed by atoms with Crippen LogP contribution in [0.4, 0.5) is 5.69 Å². The number of carboxylic acids is 2. The SMILES string of the molecule is CCCC1=C(C(=O)OCC)C(c2cc([N+](=O)[O-])ccc2OCCCCCCCCCCCCSC(O)(CC(=O)[O-])C(=O)[O-])C(C(=O)OCC)=C(C)N1.[Na+].[Na+]. The van der Waals surface area contributed by atoms with E-state index in [4.69, 9.17) is 14.2 Å². The number of carbonyl (C=O) groups excluding carboxylic acids is 4. The number of nitro benzene ring substituents is 1. The molecule has 0 saturated carbocycles. The summed E-state index contributed by atoms with van der Waals surface area (Å²) in [5, 5.41) is 46.8. The number of aliphatic carboxylic acids is 2. The Morgan fingerprint density at radius 2 is 1.41 bits per heavy atom. The summed E-state index contributed by atoms with van der Waals surface area (Å²) in [6, 6.07) is 4.19. The second-order valence-corrected chi connectivity index (χ2v) is 13.9. The van der Waals surface area contributed by atoms with Crippen LogP contribution in [0.25, 0.3) is 0 Å². The predicted molar refractivity (Wildman–Crippen MR) is 191 cm³/mol. The zero-order valence-electron chi connectivity index (χ0n) is 32.6. The van der Waals surface area contributed by atoms with E-state index in [2.05, 4.69) is 5.32 Å². The molecule has 1 aliphatic heterocycles. The number of unbranched alkanes of at least 4 members (excludes halogenated alkanes) is 9. The van der Waals surface area contributed by atoms with Gasteiger partial charge in [-0.2, -0.15) is 0 Å². The third-order valence-corrected chi connectivity index (χ3v) is 9.77. The molecule has 2 atom stereocenters. The average molecular weight is 795 g/mol. The second kappa shape index (κ2) is 27.5. The van der Waals surface area contributed by atoms with Crippen LogP contribution in [-0.2, 0) is 28.7 Å². The van der Waals surface area contributed by atoms with Gasteiger partial charge in [-0.05, 0) is 51.9 Å². The van der Waals surface area contributed by atoms with Gasteiger partial charge in [0.15, 0.2) is 4.93 Å². The predicted octanol–water partition coefficient (Wildman–Crippen LogP) is -1.66. The molecule has 2 rings (SSSR count). The van der Waals surface area contributed by atoms with Gasteiger partial charge in [0, 0.05) is 41.5 Å². The fourth-order valence-electron chi connectivity index (χ4n) is 6.01. The number of carboxylic acid groups (broad SMARTS) is 2. The second-order valence-electron chi connectivity index (χ2n) is 12.5. The molecule has 0 aromatic heterocycles. The molecule has 14 nitrogen and oxygen atoms in total. The van der Waals surface area contributed by atoms with Crippen LogP contribution in [-0.4, -0.2) is 64.4 Å². The Morgan fingerprint density at radius 3 is 1.91 bits per heavy atom. The maximum absolute atomic E-state index is 13.5. The molecule has 1 heterocycles. The van der Waals surface area contributed by atoms with Gasteiger partial charge in [-0.3, -0.25) is 10.1 Å². The van der Waals surface area contributed by atoms with Crippen LogP contribution >= 0.6 is 11.8 Å². The van der Waals surface area contributed by atoms with Crippen molar-refractivity contribution < 1.29 is 113 Å². The van der Waals surface area contributed by atoms with E-state index in [-0.39, 0.29) is 89.2 Å². The van der Waals surface area contributed by atoms with Gasteiger partial charge < -0.3 is 44.4 Å². The fraction of sp³-hybridized carbons (Fsp3) is 0.622. The zero-order valence-corrected chi connectivity index (χ0v) is 37.4. The Labute approximate surface area is 366 Å². The number of benzene rings is 1. The van der Waals surface area contributed by atoms with Crippen LogP contribution in [0.1, 0.15) is 123 Å². The topological polar surface area (TPSA) is 217 Å². The fourth-order valence-corrected chi connectivity index (χ4v) is 7.03. The molecule has 2 unspecified atom stereocenters. The van der Waals surface area contributed by atoms with Gasteiger partial charge in [-0.1, -0.05) is 64.7 Å². The van der Waals surface area contributed by atoms with E-state index < -0.39 is 46.1 Å². The number of allylic oxidation sites excluding steroid dienone is 2. The van der Waals surface area contributed by atoms with Crippen molar-refractivity contribution in [3.63, 3.8) is 0 Å². The number of hydrogen-bond acceptors (Lipinski definition) is 14. The first kappa shape index (κ1) is 51.9. The van der Waals surface area contributed by atoms with E-state index in [1.165, 1.54) is 18.2 Å². The van der Waals surface area contributed by atoms with Crippen molar-refractivity contribution in [2.24, 2.45) is 0 Å². The Balaban J connectivity index is 0.0000140. The molecule has 0 saturated heterocycles. The van der Waals surface area contributed by atoms with Crippen molar-refractivity contribution in [1.29, 1.82) is 0 Å². The number of aliphatic hydroxyl groups is 1. The van der Waals surface area contributed by atoms with Crippen LogP contribution in [0.5, 0.6) is 5.75 Å². The number of nitrogens with zero attached hydrogens (tertiary/aromatic N) is 1. The first-order valence-corrected chi connectivity index (χ1v) is 19.0. The van der Waals surface area contributed by atoms with Crippen molar-refractivity contribution in [3.05, 3.63) is 56.4 Å². The van der Waals surface area contributed by atoms with Crippen LogP contribution in [0.2, 0.25) is 0 Å². The monoisotopic (exact) mass is 794 g/mol. The number of nitro groups is 1. The van der Waals surface area contributed by atoms with Gasteiger partial charge >= 0.3 is 71.1 Å². The maximum atomic E-state index is 13.5. The molecule has 0 bridgehead atoms. The Kier molecular flexibility index (Phi) is 26.4. The van der Waals surface area contributed by atoms with Crippen LogP contribution < -0.4 is 79.4 Å². The number of esters is 2. The summed E-state index contributed by atoms with van der Waals surface area (Å²) in [5.74, 6) is -5.16. The van der Waals surface area contributed by atoms with Crippen LogP contribution in [0.3, 0.4) is 0 Å². The molecule has 1 aromatic rings. The smallest absolute Gasteiger partial charge is 0.550 e. The van der Waals surface area contributed by atoms with E-state index in [0.717, 1.165) is 57.8 Å². The van der Waals surface area contributed by atoms with Crippen molar-refractivity contribution in [3.8, 4) is 5.75 Å². The van der Waals surface area contributed by atoms with Crippen LogP contribution in [0.15, 0.2) is 40.7 Å². The molecule has 2 N–H and O–H groups in total. The van der Waals surface area contributed by atoms with E-state index in [1.54, 1.807) is 20.8 Å². The molecule has 0 fully saturated rings. The Morgan fingerprint density at radius 1 is 0.870 bits per heavy atom. The molecule has 0 spiro atoms. The number of nitrogens with one attached hydrogen (secondary N) is 1. The largest absolute Gasteiger partial charge is 1.00 e. The minimum Gasteiger partial charge on any atom is -0.550 e. The number of hydrogen-bond donors (Lipinski definition) is 2. The average Bonchev–Trinajstić information content (AvgIpc) is 3.08. The minimum atomic E-state index is -2.48. The van der Waals surface area contributed by atoms with Gasteiger partial charge in [-0.15, -0.1) is 11.8 Å². The van der Waals surface area contributed by atoms with Gasteiger partial charge in [0.2, 0.25) is 0 Å². The maximum Gasteiger partial charge on any atom is 1.00 e. The Hall–Kier alpha value is -2.11. The van der Waals surface area contributed by atoms with Crippen molar-refractivity contribution in [1.82, 2.24) is 5.32 Å². The summed E-state index contributed by atoms with van der Waals surface area (Å²) >= 11 is 0.649. The molecular formula is C37H52N2Na2O12S. The minimum absolute atomic E-state index is 0. The van der Waals surface area contributed by atoms with Gasteiger partial charge in [-0.25, -0.2) is 9.59 Å². The van der Waals surface area contributed by atoms with E-state index >= 15 is 0 Å². The molecule has 0 radical (unpaired) electrons. The molecule has 0 amide bonds. The third-order valence-electron chi connectivity index (χ3n) is 8.49. The number of thioether (sulfide) groups is 1. The summed E-state index contributed by atoms with van der Waals surface area (Å²) < 4.78 is 17.0. The van der Waals surface area contributed by atoms with E-state index in [1.807, 2.05) is 6.92 Å². The van der Waals surface area contributed by atoms with E-state index in [9.17, 15) is 44.6 Å². The zero-order chi connectivity index (χ0) is 38.7. The molecule has 0 aliphatic carbocycles. The van der Waals surface area contributed by atoms with Gasteiger partial charge in [0.05, 0.1) is 47.8 Å². The summed E-state index contributed by atoms with van der Waals surface area (Å²) in [7, 11) is 0. The Bertz CT molecular complexity index is 1470. The summed E-state index contributed by atoms with van der Waals surface area (Å²) in [5.41, 5.74) is 1.50. The first-order chi connectivity index (χ1) is 24.8. The number of carbonyl (C=O) groups is 4. The first-order valence-electron chi connectivity index (χ1n) is 18.0. The van der Waals surface area contributed by atoms with Crippen molar-refractivity contribution >= 4 is 41.3 Å². The van der Waals surface area contributed by atoms with Gasteiger partial charge in [0.25, 0.3) is 5.69 Å². The molecule has 54 heavy (non-hydrogen) atoms. The number of dihydropyridines is 1. The summed E-state index contributed by atoms with van der Waals surface area (Å²) in [6.07, 6.45) is 9.24. The van der Waals surface area contributed by atoms with E-state index in [0.29, 0.717) is 66.1 Å². The van der Waals surface area contributed by atoms with Crippen LogP contribution in [0, 0.1) is 10.1 Å². The molecule has 1 aliphatic rings. The third kappa shape index (κ3) is 16.5. The number of non-ortho nitro benzene ring substituents is 1. The normalized spacial score (nSPS) is 14.9. The number of rotatable bonds is 26.